The van der Waals surface area contributed by atoms with Crippen LogP contribution in [0.3, 0.4) is 0 Å². The SMILES string of the molecule is O=C(O)C1CCc2nnc(CCC3CCCO3)n2C1. The van der Waals surface area contributed by atoms with Crippen molar-refractivity contribution in [2.75, 3.05) is 6.61 Å². The Morgan fingerprint density at radius 2 is 2.32 bits per heavy atom. The summed E-state index contributed by atoms with van der Waals surface area (Å²) >= 11 is 0. The number of carbonyl (C=O) groups is 1. The Kier molecular flexibility index (Phi) is 3.50. The normalized spacial score (nSPS) is 26.3. The van der Waals surface area contributed by atoms with E-state index in [-0.39, 0.29) is 5.92 Å². The molecule has 2 atom stereocenters. The molecule has 1 aromatic heterocycles. The minimum atomic E-state index is -0.718. The third-order valence-corrected chi connectivity index (χ3v) is 4.09. The van der Waals surface area contributed by atoms with Gasteiger partial charge in [-0.05, 0) is 25.7 Å². The molecule has 0 amide bonds. The van der Waals surface area contributed by atoms with Gasteiger partial charge in [-0.1, -0.05) is 0 Å². The minimum absolute atomic E-state index is 0.301. The lowest BCUT2D eigenvalue weighted by Crippen LogP contribution is -2.27. The zero-order valence-corrected chi connectivity index (χ0v) is 10.9. The Bertz CT molecular complexity index is 466. The van der Waals surface area contributed by atoms with Crippen molar-refractivity contribution in [3.8, 4) is 0 Å². The molecule has 1 N–H and O–H groups in total. The molecule has 2 aliphatic rings. The maximum Gasteiger partial charge on any atom is 0.308 e. The summed E-state index contributed by atoms with van der Waals surface area (Å²) in [6.45, 7) is 1.38. The summed E-state index contributed by atoms with van der Waals surface area (Å²) in [7, 11) is 0. The molecule has 6 heteroatoms. The van der Waals surface area contributed by atoms with Crippen LogP contribution in [0.4, 0.5) is 0 Å². The van der Waals surface area contributed by atoms with Gasteiger partial charge in [0.05, 0.1) is 12.0 Å². The van der Waals surface area contributed by atoms with E-state index < -0.39 is 5.97 Å². The maximum atomic E-state index is 11.1. The van der Waals surface area contributed by atoms with Crippen molar-refractivity contribution >= 4 is 5.97 Å². The molecule has 3 heterocycles. The summed E-state index contributed by atoms with van der Waals surface area (Å²) in [5.74, 6) is 0.825. The van der Waals surface area contributed by atoms with Gasteiger partial charge >= 0.3 is 5.97 Å². The average molecular weight is 265 g/mol. The molecular weight excluding hydrogens is 246 g/mol. The highest BCUT2D eigenvalue weighted by Crippen LogP contribution is 2.22. The molecule has 104 valence electrons. The molecule has 19 heavy (non-hydrogen) atoms. The van der Waals surface area contributed by atoms with E-state index in [9.17, 15) is 4.79 Å². The summed E-state index contributed by atoms with van der Waals surface area (Å²) in [6, 6.07) is 0. The topological polar surface area (TPSA) is 77.2 Å². The van der Waals surface area contributed by atoms with Crippen LogP contribution in [0.15, 0.2) is 0 Å². The van der Waals surface area contributed by atoms with Crippen LogP contribution in [-0.4, -0.2) is 38.6 Å². The van der Waals surface area contributed by atoms with Gasteiger partial charge in [-0.2, -0.15) is 0 Å². The third-order valence-electron chi connectivity index (χ3n) is 4.09. The average Bonchev–Trinajstić information content (AvgIpc) is 3.05. The van der Waals surface area contributed by atoms with Crippen LogP contribution in [-0.2, 0) is 28.9 Å². The van der Waals surface area contributed by atoms with E-state index in [1.54, 1.807) is 0 Å². The third kappa shape index (κ3) is 2.63. The Hall–Kier alpha value is -1.43. The first-order chi connectivity index (χ1) is 9.24. The summed E-state index contributed by atoms with van der Waals surface area (Å²) in [5, 5.41) is 17.5. The molecule has 0 bridgehead atoms. The molecule has 3 rings (SSSR count). The van der Waals surface area contributed by atoms with Crippen LogP contribution in [0.2, 0.25) is 0 Å². The lowest BCUT2D eigenvalue weighted by atomic mass is 9.99. The van der Waals surface area contributed by atoms with Gasteiger partial charge in [-0.3, -0.25) is 4.79 Å². The van der Waals surface area contributed by atoms with Gasteiger partial charge in [-0.25, -0.2) is 0 Å². The minimum Gasteiger partial charge on any atom is -0.481 e. The van der Waals surface area contributed by atoms with Crippen LogP contribution in [0.1, 0.15) is 37.3 Å². The van der Waals surface area contributed by atoms with Crippen molar-refractivity contribution in [1.82, 2.24) is 14.8 Å². The highest BCUT2D eigenvalue weighted by atomic mass is 16.5. The van der Waals surface area contributed by atoms with Crippen LogP contribution >= 0.6 is 0 Å². The molecule has 1 saturated heterocycles. The quantitative estimate of drug-likeness (QED) is 0.880. The number of hydrogen-bond donors (Lipinski definition) is 1. The molecule has 0 radical (unpaired) electrons. The largest absolute Gasteiger partial charge is 0.481 e. The number of carboxylic acids is 1. The second-order valence-corrected chi connectivity index (χ2v) is 5.39. The highest BCUT2D eigenvalue weighted by Gasteiger charge is 2.27. The molecule has 0 saturated carbocycles. The molecule has 2 aliphatic heterocycles. The smallest absolute Gasteiger partial charge is 0.308 e. The number of ether oxygens (including phenoxy) is 1. The van der Waals surface area contributed by atoms with E-state index in [1.807, 2.05) is 4.57 Å². The molecule has 2 unspecified atom stereocenters. The van der Waals surface area contributed by atoms with Crippen molar-refractivity contribution < 1.29 is 14.6 Å². The number of rotatable bonds is 4. The van der Waals surface area contributed by atoms with Crippen molar-refractivity contribution in [2.24, 2.45) is 5.92 Å². The van der Waals surface area contributed by atoms with Crippen LogP contribution < -0.4 is 0 Å². The lowest BCUT2D eigenvalue weighted by Gasteiger charge is -2.21. The monoisotopic (exact) mass is 265 g/mol. The predicted molar refractivity (Wildman–Crippen MR) is 66.8 cm³/mol. The second-order valence-electron chi connectivity index (χ2n) is 5.39. The van der Waals surface area contributed by atoms with Gasteiger partial charge in [0.1, 0.15) is 11.6 Å². The first-order valence-corrected chi connectivity index (χ1v) is 6.99. The Labute approximate surface area is 111 Å². The van der Waals surface area contributed by atoms with E-state index in [2.05, 4.69) is 10.2 Å². The number of fused-ring (bicyclic) bond motifs is 1. The number of nitrogens with zero attached hydrogens (tertiary/aromatic N) is 3. The van der Waals surface area contributed by atoms with E-state index in [4.69, 9.17) is 9.84 Å². The Balaban J connectivity index is 1.66. The summed E-state index contributed by atoms with van der Waals surface area (Å²) < 4.78 is 7.60. The Morgan fingerprint density at radius 1 is 1.42 bits per heavy atom. The van der Waals surface area contributed by atoms with Crippen LogP contribution in [0.25, 0.3) is 0 Å². The van der Waals surface area contributed by atoms with Crippen molar-refractivity contribution in [3.63, 3.8) is 0 Å². The molecule has 1 fully saturated rings. The van der Waals surface area contributed by atoms with Gasteiger partial charge in [-0.15, -0.1) is 10.2 Å². The molecule has 0 aromatic carbocycles. The first kappa shape index (κ1) is 12.6. The fourth-order valence-electron chi connectivity index (χ4n) is 2.93. The van der Waals surface area contributed by atoms with Gasteiger partial charge in [0, 0.05) is 26.0 Å². The van der Waals surface area contributed by atoms with Crippen LogP contribution in [0, 0.1) is 5.92 Å². The van der Waals surface area contributed by atoms with Crippen LogP contribution in [0.5, 0.6) is 0 Å². The maximum absolute atomic E-state index is 11.1. The number of aliphatic carboxylic acids is 1. The molecular formula is C13H19N3O3. The standard InChI is InChI=1S/C13H19N3O3/c17-13(18)9-3-5-11-14-15-12(16(11)8-9)6-4-10-2-1-7-19-10/h9-10H,1-8H2,(H,17,18). The van der Waals surface area contributed by atoms with Gasteiger partial charge in [0.15, 0.2) is 0 Å². The fourth-order valence-corrected chi connectivity index (χ4v) is 2.93. The van der Waals surface area contributed by atoms with Gasteiger partial charge in [0.25, 0.3) is 0 Å². The number of hydrogen-bond acceptors (Lipinski definition) is 4. The molecule has 0 aliphatic carbocycles. The first-order valence-electron chi connectivity index (χ1n) is 6.99. The van der Waals surface area contributed by atoms with E-state index in [0.29, 0.717) is 25.5 Å². The van der Waals surface area contributed by atoms with E-state index in [0.717, 1.165) is 43.9 Å². The van der Waals surface area contributed by atoms with Gasteiger partial charge < -0.3 is 14.4 Å². The summed E-state index contributed by atoms with van der Waals surface area (Å²) in [6.07, 6.45) is 5.76. The number of carboxylic acid groups (broad SMARTS) is 1. The number of aryl methyl sites for hydroxylation is 2. The number of aromatic nitrogens is 3. The molecule has 6 nitrogen and oxygen atoms in total. The lowest BCUT2D eigenvalue weighted by molar-refractivity contribution is -0.142. The van der Waals surface area contributed by atoms with E-state index >= 15 is 0 Å². The zero-order valence-electron chi connectivity index (χ0n) is 10.9. The molecule has 0 spiro atoms. The van der Waals surface area contributed by atoms with Gasteiger partial charge in [0.2, 0.25) is 0 Å². The van der Waals surface area contributed by atoms with Crippen molar-refractivity contribution in [3.05, 3.63) is 11.6 Å². The second kappa shape index (κ2) is 5.28. The molecule has 1 aromatic rings. The zero-order chi connectivity index (χ0) is 13.2. The summed E-state index contributed by atoms with van der Waals surface area (Å²) in [5.41, 5.74) is 0. The van der Waals surface area contributed by atoms with Crippen molar-refractivity contribution in [2.45, 2.75) is 51.2 Å². The van der Waals surface area contributed by atoms with Crippen molar-refractivity contribution in [1.29, 1.82) is 0 Å². The summed E-state index contributed by atoms with van der Waals surface area (Å²) in [4.78, 5) is 11.1. The highest BCUT2D eigenvalue weighted by molar-refractivity contribution is 5.70. The fraction of sp³-hybridized carbons (Fsp3) is 0.769. The van der Waals surface area contributed by atoms with E-state index in [1.165, 1.54) is 0 Å². The predicted octanol–water partition coefficient (Wildman–Crippen LogP) is 1.04. The Morgan fingerprint density at radius 3 is 3.05 bits per heavy atom.